The third-order valence-electron chi connectivity index (χ3n) is 4.03. The third kappa shape index (κ3) is 8.09. The first-order valence-corrected chi connectivity index (χ1v) is 8.83. The van der Waals surface area contributed by atoms with Crippen molar-refractivity contribution in [3.8, 4) is 0 Å². The minimum atomic E-state index is -0.982. The van der Waals surface area contributed by atoms with Crippen LogP contribution in [0.3, 0.4) is 0 Å². The van der Waals surface area contributed by atoms with Crippen LogP contribution in [0, 0.1) is 0 Å². The molecule has 0 aliphatic rings. The average Bonchev–Trinajstić information content (AvgIpc) is 2.60. The molecule has 0 bridgehead atoms. The van der Waals surface area contributed by atoms with Crippen molar-refractivity contribution in [2.24, 2.45) is 0 Å². The van der Waals surface area contributed by atoms with E-state index in [0.717, 1.165) is 13.1 Å². The first kappa shape index (κ1) is 21.1. The lowest BCUT2D eigenvalue weighted by Gasteiger charge is -2.24. The number of carbonyl (C=O) groups excluding carboxylic acids is 1. The Morgan fingerprint density at radius 2 is 2.00 bits per heavy atom. The second kappa shape index (κ2) is 11.5. The summed E-state index contributed by atoms with van der Waals surface area (Å²) in [5.41, 5.74) is 0.804. The van der Waals surface area contributed by atoms with E-state index in [-0.39, 0.29) is 18.0 Å². The highest BCUT2D eigenvalue weighted by Crippen LogP contribution is 2.01. The number of aromatic nitrogens is 1. The number of likely N-dealkylation sites (N-methyl/N-ethyl adjacent to an activating group) is 2. The molecule has 1 rings (SSSR count). The van der Waals surface area contributed by atoms with Crippen LogP contribution < -0.4 is 5.32 Å². The maximum absolute atomic E-state index is 12.3. The van der Waals surface area contributed by atoms with Crippen LogP contribution in [0.2, 0.25) is 0 Å². The van der Waals surface area contributed by atoms with Crippen molar-refractivity contribution in [3.05, 3.63) is 29.6 Å². The van der Waals surface area contributed by atoms with Gasteiger partial charge in [0.15, 0.2) is 0 Å². The summed E-state index contributed by atoms with van der Waals surface area (Å²) >= 11 is 0. The molecule has 140 valence electrons. The summed E-state index contributed by atoms with van der Waals surface area (Å²) in [4.78, 5) is 31.4. The van der Waals surface area contributed by atoms with Gasteiger partial charge in [-0.2, -0.15) is 0 Å². The van der Waals surface area contributed by atoms with Gasteiger partial charge in [0, 0.05) is 32.4 Å². The zero-order valence-corrected chi connectivity index (χ0v) is 15.5. The normalized spacial score (nSPS) is 10.9. The van der Waals surface area contributed by atoms with Crippen LogP contribution in [0.25, 0.3) is 0 Å². The molecule has 0 aromatic carbocycles. The van der Waals surface area contributed by atoms with Gasteiger partial charge in [-0.25, -0.2) is 4.79 Å². The summed E-state index contributed by atoms with van der Waals surface area (Å²) < 4.78 is 0. The molecule has 7 heteroatoms. The molecule has 0 aliphatic heterocycles. The van der Waals surface area contributed by atoms with Crippen molar-refractivity contribution in [3.63, 3.8) is 0 Å². The summed E-state index contributed by atoms with van der Waals surface area (Å²) in [5.74, 6) is -0.940. The van der Waals surface area contributed by atoms with E-state index in [2.05, 4.69) is 29.2 Å². The molecule has 2 N–H and O–H groups in total. The SMILES string of the molecule is CCCCN(C)CCN(CC)C(=O)CNCc1cc(C(=O)O)ccn1. The van der Waals surface area contributed by atoms with Gasteiger partial charge in [-0.3, -0.25) is 9.78 Å². The van der Waals surface area contributed by atoms with E-state index in [1.54, 1.807) is 0 Å². The van der Waals surface area contributed by atoms with Gasteiger partial charge in [0.2, 0.25) is 5.91 Å². The molecule has 7 nitrogen and oxygen atoms in total. The number of carboxylic acid groups (broad SMARTS) is 1. The number of nitrogens with zero attached hydrogens (tertiary/aromatic N) is 3. The zero-order chi connectivity index (χ0) is 18.7. The number of hydrogen-bond donors (Lipinski definition) is 2. The number of carbonyl (C=O) groups is 2. The predicted octanol–water partition coefficient (Wildman–Crippen LogP) is 1.45. The lowest BCUT2D eigenvalue weighted by molar-refractivity contribution is -0.130. The average molecular weight is 350 g/mol. The summed E-state index contributed by atoms with van der Waals surface area (Å²) in [6, 6.07) is 2.96. The first-order valence-electron chi connectivity index (χ1n) is 8.83. The van der Waals surface area contributed by atoms with Crippen LogP contribution in [-0.4, -0.2) is 71.5 Å². The van der Waals surface area contributed by atoms with Gasteiger partial charge in [0.05, 0.1) is 17.8 Å². The molecule has 25 heavy (non-hydrogen) atoms. The Hall–Kier alpha value is -1.99. The number of unbranched alkanes of at least 4 members (excludes halogenated alkanes) is 1. The predicted molar refractivity (Wildman–Crippen MR) is 97.6 cm³/mol. The second-order valence-electron chi connectivity index (χ2n) is 6.07. The Labute approximate surface area is 150 Å². The molecular formula is C18H30N4O3. The molecule has 0 aliphatic carbocycles. The van der Waals surface area contributed by atoms with Gasteiger partial charge >= 0.3 is 5.97 Å². The van der Waals surface area contributed by atoms with E-state index < -0.39 is 5.97 Å². The molecule has 0 unspecified atom stereocenters. The van der Waals surface area contributed by atoms with E-state index in [0.29, 0.717) is 25.3 Å². The number of pyridine rings is 1. The fourth-order valence-corrected chi connectivity index (χ4v) is 2.41. The summed E-state index contributed by atoms with van der Waals surface area (Å²) in [6.45, 7) is 8.02. The van der Waals surface area contributed by atoms with Gasteiger partial charge in [-0.05, 0) is 39.1 Å². The van der Waals surface area contributed by atoms with Crippen LogP contribution in [0.15, 0.2) is 18.3 Å². The van der Waals surface area contributed by atoms with Gasteiger partial charge in [-0.15, -0.1) is 0 Å². The quantitative estimate of drug-likeness (QED) is 0.593. The van der Waals surface area contributed by atoms with Gasteiger partial charge < -0.3 is 20.2 Å². The molecule has 1 heterocycles. The number of amides is 1. The fraction of sp³-hybridized carbons (Fsp3) is 0.611. The highest BCUT2D eigenvalue weighted by atomic mass is 16.4. The topological polar surface area (TPSA) is 85.8 Å². The van der Waals surface area contributed by atoms with E-state index in [4.69, 9.17) is 5.11 Å². The Bertz CT molecular complexity index is 551. The standard InChI is InChI=1S/C18H30N4O3/c1-4-6-9-21(3)10-11-22(5-2)17(23)14-19-13-16-12-15(18(24)25)7-8-20-16/h7-8,12,19H,4-6,9-11,13-14H2,1-3H3,(H,24,25). The maximum atomic E-state index is 12.3. The summed E-state index contributed by atoms with van der Waals surface area (Å²) in [6.07, 6.45) is 3.80. The van der Waals surface area contributed by atoms with Crippen LogP contribution in [0.1, 0.15) is 42.7 Å². The van der Waals surface area contributed by atoms with Crippen molar-refractivity contribution in [1.29, 1.82) is 0 Å². The van der Waals surface area contributed by atoms with Crippen molar-refractivity contribution >= 4 is 11.9 Å². The van der Waals surface area contributed by atoms with E-state index in [9.17, 15) is 9.59 Å². The van der Waals surface area contributed by atoms with E-state index >= 15 is 0 Å². The Kier molecular flexibility index (Phi) is 9.72. The molecule has 1 aromatic rings. The smallest absolute Gasteiger partial charge is 0.335 e. The largest absolute Gasteiger partial charge is 0.478 e. The minimum Gasteiger partial charge on any atom is -0.478 e. The Balaban J connectivity index is 2.38. The Morgan fingerprint density at radius 1 is 1.24 bits per heavy atom. The first-order chi connectivity index (χ1) is 12.0. The number of nitrogens with one attached hydrogen (secondary N) is 1. The Morgan fingerprint density at radius 3 is 2.64 bits per heavy atom. The molecule has 0 spiro atoms. The zero-order valence-electron chi connectivity index (χ0n) is 15.5. The molecule has 1 amide bonds. The summed E-state index contributed by atoms with van der Waals surface area (Å²) in [7, 11) is 2.08. The van der Waals surface area contributed by atoms with Crippen LogP contribution in [-0.2, 0) is 11.3 Å². The van der Waals surface area contributed by atoms with Crippen molar-refractivity contribution in [2.45, 2.75) is 33.2 Å². The van der Waals surface area contributed by atoms with E-state index in [1.807, 2.05) is 11.8 Å². The highest BCUT2D eigenvalue weighted by molar-refractivity contribution is 5.87. The third-order valence-corrected chi connectivity index (χ3v) is 4.03. The number of carboxylic acids is 1. The summed E-state index contributed by atoms with van der Waals surface area (Å²) in [5, 5.41) is 12.0. The van der Waals surface area contributed by atoms with Crippen LogP contribution >= 0.6 is 0 Å². The van der Waals surface area contributed by atoms with Gasteiger partial charge in [0.25, 0.3) is 0 Å². The molecule has 1 aromatic heterocycles. The fourth-order valence-electron chi connectivity index (χ4n) is 2.41. The van der Waals surface area contributed by atoms with Crippen molar-refractivity contribution in [2.75, 3.05) is 39.8 Å². The van der Waals surface area contributed by atoms with Gasteiger partial charge in [0.1, 0.15) is 0 Å². The number of aromatic carboxylic acids is 1. The van der Waals surface area contributed by atoms with E-state index in [1.165, 1.54) is 31.2 Å². The lowest BCUT2D eigenvalue weighted by Crippen LogP contribution is -2.42. The molecule has 0 fully saturated rings. The van der Waals surface area contributed by atoms with Gasteiger partial charge in [-0.1, -0.05) is 13.3 Å². The highest BCUT2D eigenvalue weighted by Gasteiger charge is 2.12. The lowest BCUT2D eigenvalue weighted by atomic mass is 10.2. The molecule has 0 saturated carbocycles. The second-order valence-corrected chi connectivity index (χ2v) is 6.07. The molecule has 0 saturated heterocycles. The number of rotatable bonds is 12. The van der Waals surface area contributed by atoms with Crippen molar-refractivity contribution in [1.82, 2.24) is 20.1 Å². The molecular weight excluding hydrogens is 320 g/mol. The van der Waals surface area contributed by atoms with Crippen LogP contribution in [0.4, 0.5) is 0 Å². The monoisotopic (exact) mass is 350 g/mol. The maximum Gasteiger partial charge on any atom is 0.335 e. The number of hydrogen-bond acceptors (Lipinski definition) is 5. The van der Waals surface area contributed by atoms with Crippen LogP contribution in [0.5, 0.6) is 0 Å². The molecule has 0 radical (unpaired) electrons. The van der Waals surface area contributed by atoms with Crippen molar-refractivity contribution < 1.29 is 14.7 Å². The minimum absolute atomic E-state index is 0.0424. The molecule has 0 atom stereocenters.